The molecule has 116 valence electrons. The molecule has 0 radical (unpaired) electrons. The number of carbonyl (C=O) groups is 1. The van der Waals surface area contributed by atoms with Gasteiger partial charge in [-0.25, -0.2) is 9.97 Å². The first-order chi connectivity index (χ1) is 10.8. The second kappa shape index (κ2) is 6.87. The van der Waals surface area contributed by atoms with Crippen molar-refractivity contribution in [2.45, 2.75) is 44.7 Å². The van der Waals surface area contributed by atoms with Crippen molar-refractivity contribution in [1.82, 2.24) is 14.9 Å². The van der Waals surface area contributed by atoms with Crippen LogP contribution in [0.1, 0.15) is 47.2 Å². The Hall–Kier alpha value is -1.95. The standard InChI is InChI=1S/C16H19N3O2S/c1-2-15(20)19(9-13-7-17-11-21-13)10-14-8-18-16(22-14)12-5-3-4-6-12/h2,7-8,11-12H,1,3-6,9-10H2. The Morgan fingerprint density at radius 1 is 1.41 bits per heavy atom. The van der Waals surface area contributed by atoms with Gasteiger partial charge >= 0.3 is 0 Å². The smallest absolute Gasteiger partial charge is 0.246 e. The number of aromatic nitrogens is 2. The van der Waals surface area contributed by atoms with Gasteiger partial charge in [0, 0.05) is 17.0 Å². The summed E-state index contributed by atoms with van der Waals surface area (Å²) in [7, 11) is 0. The summed E-state index contributed by atoms with van der Waals surface area (Å²) < 4.78 is 5.23. The quantitative estimate of drug-likeness (QED) is 0.765. The number of thiazole rings is 1. The fourth-order valence-corrected chi connectivity index (χ4v) is 3.90. The Labute approximate surface area is 133 Å². The molecule has 0 spiro atoms. The molecule has 2 aromatic heterocycles. The molecule has 1 aliphatic carbocycles. The van der Waals surface area contributed by atoms with Crippen molar-refractivity contribution in [3.8, 4) is 0 Å². The van der Waals surface area contributed by atoms with Crippen LogP contribution in [-0.2, 0) is 17.9 Å². The maximum Gasteiger partial charge on any atom is 0.246 e. The van der Waals surface area contributed by atoms with E-state index < -0.39 is 0 Å². The fourth-order valence-electron chi connectivity index (χ4n) is 2.79. The SMILES string of the molecule is C=CC(=O)N(Cc1cnco1)Cc1cnc(C2CCCC2)s1. The van der Waals surface area contributed by atoms with Crippen LogP contribution in [0.4, 0.5) is 0 Å². The van der Waals surface area contributed by atoms with Crippen molar-refractivity contribution >= 4 is 17.2 Å². The maximum absolute atomic E-state index is 12.0. The third-order valence-corrected chi connectivity index (χ3v) is 5.08. The minimum Gasteiger partial charge on any atom is -0.447 e. The largest absolute Gasteiger partial charge is 0.447 e. The molecule has 1 saturated carbocycles. The predicted octanol–water partition coefficient (Wildman–Crippen LogP) is 3.50. The van der Waals surface area contributed by atoms with E-state index >= 15 is 0 Å². The molecule has 3 rings (SSSR count). The van der Waals surface area contributed by atoms with E-state index in [-0.39, 0.29) is 5.91 Å². The van der Waals surface area contributed by atoms with Gasteiger partial charge in [-0.3, -0.25) is 4.79 Å². The summed E-state index contributed by atoms with van der Waals surface area (Å²) in [4.78, 5) is 23.3. The Morgan fingerprint density at radius 3 is 2.91 bits per heavy atom. The molecule has 22 heavy (non-hydrogen) atoms. The second-order valence-corrected chi connectivity index (χ2v) is 6.66. The van der Waals surface area contributed by atoms with Crippen LogP contribution in [0.15, 0.2) is 35.9 Å². The highest BCUT2D eigenvalue weighted by Crippen LogP contribution is 2.36. The average molecular weight is 317 g/mol. The van der Waals surface area contributed by atoms with Crippen LogP contribution in [0.2, 0.25) is 0 Å². The Kier molecular flexibility index (Phi) is 4.68. The zero-order chi connectivity index (χ0) is 15.4. The third-order valence-electron chi connectivity index (χ3n) is 3.94. The zero-order valence-corrected chi connectivity index (χ0v) is 13.2. The summed E-state index contributed by atoms with van der Waals surface area (Å²) in [6.07, 6.45) is 11.3. The highest BCUT2D eigenvalue weighted by molar-refractivity contribution is 7.11. The molecule has 1 amide bonds. The molecule has 0 bridgehead atoms. The van der Waals surface area contributed by atoms with Crippen molar-refractivity contribution in [2.75, 3.05) is 0 Å². The van der Waals surface area contributed by atoms with Crippen LogP contribution < -0.4 is 0 Å². The van der Waals surface area contributed by atoms with E-state index in [4.69, 9.17) is 4.42 Å². The number of carbonyl (C=O) groups excluding carboxylic acids is 1. The number of nitrogens with zero attached hydrogens (tertiary/aromatic N) is 3. The van der Waals surface area contributed by atoms with Gasteiger partial charge in [-0.1, -0.05) is 19.4 Å². The summed E-state index contributed by atoms with van der Waals surface area (Å²) in [5.41, 5.74) is 0. The van der Waals surface area contributed by atoms with Crippen molar-refractivity contribution in [3.05, 3.63) is 47.1 Å². The molecule has 0 aromatic carbocycles. The van der Waals surface area contributed by atoms with Gasteiger partial charge < -0.3 is 9.32 Å². The molecular formula is C16H19N3O2S. The van der Waals surface area contributed by atoms with E-state index in [0.717, 1.165) is 4.88 Å². The summed E-state index contributed by atoms with van der Waals surface area (Å²) >= 11 is 1.71. The first-order valence-corrected chi connectivity index (χ1v) is 8.31. The van der Waals surface area contributed by atoms with Gasteiger partial charge in [-0.05, 0) is 18.9 Å². The van der Waals surface area contributed by atoms with Crippen LogP contribution in [-0.4, -0.2) is 20.8 Å². The first-order valence-electron chi connectivity index (χ1n) is 7.49. The van der Waals surface area contributed by atoms with E-state index in [1.54, 1.807) is 22.4 Å². The normalized spacial score (nSPS) is 15.1. The number of hydrogen-bond acceptors (Lipinski definition) is 5. The summed E-state index contributed by atoms with van der Waals surface area (Å²) in [5.74, 6) is 1.15. The highest BCUT2D eigenvalue weighted by Gasteiger charge is 2.21. The van der Waals surface area contributed by atoms with Crippen molar-refractivity contribution in [3.63, 3.8) is 0 Å². The van der Waals surface area contributed by atoms with E-state index in [1.807, 2.05) is 6.20 Å². The summed E-state index contributed by atoms with van der Waals surface area (Å²) in [5, 5.41) is 1.21. The number of rotatable bonds is 6. The summed E-state index contributed by atoms with van der Waals surface area (Å²) in [6, 6.07) is 0. The van der Waals surface area contributed by atoms with Gasteiger partial charge in [0.05, 0.1) is 24.3 Å². The van der Waals surface area contributed by atoms with E-state index in [0.29, 0.717) is 24.8 Å². The maximum atomic E-state index is 12.0. The van der Waals surface area contributed by atoms with Crippen LogP contribution in [0.25, 0.3) is 0 Å². The molecule has 1 aliphatic rings. The molecule has 0 atom stereocenters. The molecule has 2 aromatic rings. The minimum atomic E-state index is -0.118. The molecule has 5 nitrogen and oxygen atoms in total. The van der Waals surface area contributed by atoms with E-state index in [9.17, 15) is 4.79 Å². The molecule has 2 heterocycles. The lowest BCUT2D eigenvalue weighted by Gasteiger charge is -2.18. The average Bonchev–Trinajstić information content (AvgIpc) is 3.27. The van der Waals surface area contributed by atoms with Gasteiger partial charge in [-0.15, -0.1) is 11.3 Å². The molecule has 0 unspecified atom stereocenters. The van der Waals surface area contributed by atoms with Crippen molar-refractivity contribution < 1.29 is 9.21 Å². The second-order valence-electron chi connectivity index (χ2n) is 5.51. The van der Waals surface area contributed by atoms with Crippen LogP contribution >= 0.6 is 11.3 Å². The van der Waals surface area contributed by atoms with Gasteiger partial charge in [0.15, 0.2) is 6.39 Å². The number of oxazole rings is 1. The van der Waals surface area contributed by atoms with E-state index in [1.165, 1.54) is 43.2 Å². The molecule has 0 N–H and O–H groups in total. The molecule has 6 heteroatoms. The van der Waals surface area contributed by atoms with Crippen LogP contribution in [0.5, 0.6) is 0 Å². The third kappa shape index (κ3) is 3.44. The van der Waals surface area contributed by atoms with Gasteiger partial charge in [0.25, 0.3) is 0 Å². The number of amides is 1. The lowest BCUT2D eigenvalue weighted by Crippen LogP contribution is -2.27. The molecule has 1 fully saturated rings. The van der Waals surface area contributed by atoms with Gasteiger partial charge in [-0.2, -0.15) is 0 Å². The summed E-state index contributed by atoms with van der Waals surface area (Å²) in [6.45, 7) is 4.49. The minimum absolute atomic E-state index is 0.118. The topological polar surface area (TPSA) is 59.2 Å². The van der Waals surface area contributed by atoms with Gasteiger partial charge in [0.2, 0.25) is 5.91 Å². The Morgan fingerprint density at radius 2 is 2.23 bits per heavy atom. The highest BCUT2D eigenvalue weighted by atomic mass is 32.1. The van der Waals surface area contributed by atoms with Crippen molar-refractivity contribution in [2.24, 2.45) is 0 Å². The van der Waals surface area contributed by atoms with Crippen LogP contribution in [0, 0.1) is 0 Å². The van der Waals surface area contributed by atoms with Crippen molar-refractivity contribution in [1.29, 1.82) is 0 Å². The number of hydrogen-bond donors (Lipinski definition) is 0. The zero-order valence-electron chi connectivity index (χ0n) is 12.4. The van der Waals surface area contributed by atoms with Crippen LogP contribution in [0.3, 0.4) is 0 Å². The fraction of sp³-hybridized carbons (Fsp3) is 0.438. The molecular weight excluding hydrogens is 298 g/mol. The predicted molar refractivity (Wildman–Crippen MR) is 84.3 cm³/mol. The first kappa shape index (κ1) is 15.0. The molecule has 0 aliphatic heterocycles. The molecule has 0 saturated heterocycles. The monoisotopic (exact) mass is 317 g/mol. The lowest BCUT2D eigenvalue weighted by molar-refractivity contribution is -0.127. The Bertz CT molecular complexity index is 630. The van der Waals surface area contributed by atoms with Gasteiger partial charge in [0.1, 0.15) is 5.76 Å². The lowest BCUT2D eigenvalue weighted by atomic mass is 10.1. The van der Waals surface area contributed by atoms with E-state index in [2.05, 4.69) is 16.5 Å². The Balaban J connectivity index is 1.69.